The molecule has 3 rings (SSSR count). The number of sulfonamides is 2. The molecule has 0 amide bonds. The topological polar surface area (TPSA) is 101 Å². The zero-order valence-corrected chi connectivity index (χ0v) is 19.1. The van der Waals surface area contributed by atoms with Crippen molar-refractivity contribution in [3.05, 3.63) is 24.3 Å². The summed E-state index contributed by atoms with van der Waals surface area (Å²) in [5, 5.41) is 0. The van der Waals surface area contributed by atoms with Crippen molar-refractivity contribution in [1.29, 1.82) is 0 Å². The second kappa shape index (κ2) is 9.33. The van der Waals surface area contributed by atoms with E-state index >= 15 is 0 Å². The summed E-state index contributed by atoms with van der Waals surface area (Å²) in [6.07, 6.45) is 2.48. The Morgan fingerprint density at radius 1 is 0.867 bits per heavy atom. The van der Waals surface area contributed by atoms with Crippen LogP contribution in [0.5, 0.6) is 0 Å². The van der Waals surface area contributed by atoms with Gasteiger partial charge in [0, 0.05) is 26.2 Å². The fraction of sp³-hybridized carbons (Fsp3) is 0.650. The minimum absolute atomic E-state index is 0.0586. The highest BCUT2D eigenvalue weighted by Crippen LogP contribution is 2.27. The largest absolute Gasteiger partial charge is 0.466 e. The average Bonchev–Trinajstić information content (AvgIpc) is 2.74. The lowest BCUT2D eigenvalue weighted by Crippen LogP contribution is -2.40. The molecule has 2 heterocycles. The highest BCUT2D eigenvalue weighted by atomic mass is 32.2. The van der Waals surface area contributed by atoms with E-state index in [0.717, 1.165) is 12.8 Å². The van der Waals surface area contributed by atoms with E-state index in [1.54, 1.807) is 6.92 Å². The van der Waals surface area contributed by atoms with Crippen molar-refractivity contribution in [1.82, 2.24) is 8.61 Å². The van der Waals surface area contributed by atoms with Crippen LogP contribution in [0.1, 0.15) is 39.5 Å². The number of ether oxygens (including phenoxy) is 1. The predicted molar refractivity (Wildman–Crippen MR) is 112 cm³/mol. The molecule has 1 aromatic rings. The molecule has 0 N–H and O–H groups in total. The molecule has 2 saturated heterocycles. The Bertz CT molecular complexity index is 944. The van der Waals surface area contributed by atoms with Crippen LogP contribution in [-0.4, -0.2) is 64.2 Å². The fourth-order valence-corrected chi connectivity index (χ4v) is 6.84. The van der Waals surface area contributed by atoms with E-state index < -0.39 is 20.0 Å². The Morgan fingerprint density at radius 3 is 1.67 bits per heavy atom. The van der Waals surface area contributed by atoms with Gasteiger partial charge >= 0.3 is 5.97 Å². The molecule has 1 aromatic carbocycles. The molecule has 0 spiro atoms. The number of piperidine rings is 2. The third-order valence-electron chi connectivity index (χ3n) is 5.92. The van der Waals surface area contributed by atoms with Gasteiger partial charge in [-0.3, -0.25) is 4.79 Å². The van der Waals surface area contributed by atoms with E-state index in [9.17, 15) is 21.6 Å². The van der Waals surface area contributed by atoms with Crippen LogP contribution in [0.3, 0.4) is 0 Å². The SMILES string of the molecule is CCOC(=O)C1CCN(S(=O)(=O)c2ccc(S(=O)(=O)N3CCC(C)CC3)cc2)CC1. The van der Waals surface area contributed by atoms with Crippen LogP contribution in [-0.2, 0) is 29.6 Å². The van der Waals surface area contributed by atoms with Crippen molar-refractivity contribution in [2.45, 2.75) is 49.3 Å². The first kappa shape index (κ1) is 23.2. The summed E-state index contributed by atoms with van der Waals surface area (Å²) in [5.74, 6) is -0.0515. The zero-order valence-electron chi connectivity index (χ0n) is 17.5. The smallest absolute Gasteiger partial charge is 0.309 e. The summed E-state index contributed by atoms with van der Waals surface area (Å²) < 4.78 is 59.4. The van der Waals surface area contributed by atoms with Gasteiger partial charge in [-0.1, -0.05) is 6.92 Å². The minimum Gasteiger partial charge on any atom is -0.466 e. The van der Waals surface area contributed by atoms with Crippen molar-refractivity contribution in [3.8, 4) is 0 Å². The molecule has 2 aliphatic heterocycles. The second-order valence-electron chi connectivity index (χ2n) is 7.99. The molecule has 2 fully saturated rings. The number of carbonyl (C=O) groups excluding carboxylic acids is 1. The minimum atomic E-state index is -3.75. The fourth-order valence-electron chi connectivity index (χ4n) is 3.90. The normalized spacial score (nSPS) is 20.9. The molecule has 168 valence electrons. The van der Waals surface area contributed by atoms with Crippen molar-refractivity contribution < 1.29 is 26.4 Å². The van der Waals surface area contributed by atoms with Crippen LogP contribution in [0, 0.1) is 11.8 Å². The molecule has 0 radical (unpaired) electrons. The first-order chi connectivity index (χ1) is 14.2. The second-order valence-corrected chi connectivity index (χ2v) is 11.9. The van der Waals surface area contributed by atoms with Gasteiger partial charge in [-0.15, -0.1) is 0 Å². The average molecular weight is 459 g/mol. The van der Waals surface area contributed by atoms with Crippen LogP contribution in [0.4, 0.5) is 0 Å². The van der Waals surface area contributed by atoms with E-state index in [-0.39, 0.29) is 34.8 Å². The number of nitrogens with zero attached hydrogens (tertiary/aromatic N) is 2. The van der Waals surface area contributed by atoms with Crippen LogP contribution in [0.15, 0.2) is 34.1 Å². The van der Waals surface area contributed by atoms with E-state index in [0.29, 0.717) is 38.5 Å². The van der Waals surface area contributed by atoms with Gasteiger partial charge in [0.25, 0.3) is 0 Å². The number of carbonyl (C=O) groups is 1. The van der Waals surface area contributed by atoms with Crippen LogP contribution in [0.25, 0.3) is 0 Å². The molecule has 0 aromatic heterocycles. The van der Waals surface area contributed by atoms with Crippen molar-refractivity contribution in [2.24, 2.45) is 11.8 Å². The molecule has 10 heteroatoms. The van der Waals surface area contributed by atoms with Gasteiger partial charge in [-0.2, -0.15) is 8.61 Å². The van der Waals surface area contributed by atoms with Gasteiger partial charge in [0.1, 0.15) is 0 Å². The third-order valence-corrected chi connectivity index (χ3v) is 9.74. The first-order valence-corrected chi connectivity index (χ1v) is 13.3. The number of hydrogen-bond acceptors (Lipinski definition) is 6. The van der Waals surface area contributed by atoms with Gasteiger partial charge < -0.3 is 4.74 Å². The number of hydrogen-bond donors (Lipinski definition) is 0. The van der Waals surface area contributed by atoms with E-state index in [1.165, 1.54) is 32.9 Å². The summed E-state index contributed by atoms with van der Waals surface area (Å²) in [6.45, 7) is 5.60. The summed E-state index contributed by atoms with van der Waals surface area (Å²) in [6, 6.07) is 5.44. The van der Waals surface area contributed by atoms with E-state index in [1.807, 2.05) is 0 Å². The van der Waals surface area contributed by atoms with Crippen molar-refractivity contribution >= 4 is 26.0 Å². The number of benzene rings is 1. The third kappa shape index (κ3) is 4.87. The van der Waals surface area contributed by atoms with Gasteiger partial charge in [-0.25, -0.2) is 16.8 Å². The number of rotatable bonds is 6. The van der Waals surface area contributed by atoms with E-state index in [2.05, 4.69) is 6.92 Å². The molecule has 0 saturated carbocycles. The number of esters is 1. The van der Waals surface area contributed by atoms with Gasteiger partial charge in [0.2, 0.25) is 20.0 Å². The van der Waals surface area contributed by atoms with Gasteiger partial charge in [0.15, 0.2) is 0 Å². The summed E-state index contributed by atoms with van der Waals surface area (Å²) in [7, 11) is -7.37. The van der Waals surface area contributed by atoms with E-state index in [4.69, 9.17) is 4.74 Å². The summed E-state index contributed by atoms with van der Waals surface area (Å²) >= 11 is 0. The molecule has 0 unspecified atom stereocenters. The molecule has 0 aliphatic carbocycles. The quantitative estimate of drug-likeness (QED) is 0.605. The Kier molecular flexibility index (Phi) is 7.21. The maximum Gasteiger partial charge on any atom is 0.309 e. The molecule has 0 bridgehead atoms. The van der Waals surface area contributed by atoms with Crippen molar-refractivity contribution in [3.63, 3.8) is 0 Å². The summed E-state index contributed by atoms with van der Waals surface area (Å²) in [5.41, 5.74) is 0. The molecule has 2 aliphatic rings. The predicted octanol–water partition coefficient (Wildman–Crippen LogP) is 2.07. The highest BCUT2D eigenvalue weighted by Gasteiger charge is 2.33. The van der Waals surface area contributed by atoms with Crippen LogP contribution in [0.2, 0.25) is 0 Å². The Balaban J connectivity index is 1.69. The van der Waals surface area contributed by atoms with Gasteiger partial charge in [0.05, 0.1) is 22.3 Å². The van der Waals surface area contributed by atoms with Crippen LogP contribution < -0.4 is 0 Å². The lowest BCUT2D eigenvalue weighted by molar-refractivity contribution is -0.149. The molecule has 8 nitrogen and oxygen atoms in total. The van der Waals surface area contributed by atoms with Crippen LogP contribution >= 0.6 is 0 Å². The summed E-state index contributed by atoms with van der Waals surface area (Å²) in [4.78, 5) is 12.0. The maximum absolute atomic E-state index is 12.9. The first-order valence-electron chi connectivity index (χ1n) is 10.4. The van der Waals surface area contributed by atoms with Crippen molar-refractivity contribution in [2.75, 3.05) is 32.8 Å². The highest BCUT2D eigenvalue weighted by molar-refractivity contribution is 7.89. The Labute approximate surface area is 179 Å². The zero-order chi connectivity index (χ0) is 21.9. The Hall–Kier alpha value is -1.49. The Morgan fingerprint density at radius 2 is 1.27 bits per heavy atom. The standard InChI is InChI=1S/C20H30N2O6S2/c1-3-28-20(23)17-10-14-22(15-11-17)30(26,27)19-6-4-18(5-7-19)29(24,25)21-12-8-16(2)9-13-21/h4-7,16-17H,3,8-15H2,1-2H3. The maximum atomic E-state index is 12.9. The lowest BCUT2D eigenvalue weighted by atomic mass is 9.98. The molecular weight excluding hydrogens is 428 g/mol. The monoisotopic (exact) mass is 458 g/mol. The molecule has 30 heavy (non-hydrogen) atoms. The molecule has 0 atom stereocenters. The van der Waals surface area contributed by atoms with Gasteiger partial charge in [-0.05, 0) is 62.8 Å². The lowest BCUT2D eigenvalue weighted by Gasteiger charge is -2.30. The molecular formula is C20H30N2O6S2.